The second kappa shape index (κ2) is 7.38. The number of hydrogen-bond donors (Lipinski definition) is 2. The number of rotatable bonds is 3. The van der Waals surface area contributed by atoms with Crippen LogP contribution < -0.4 is 0 Å². The Morgan fingerprint density at radius 2 is 1.78 bits per heavy atom. The second-order valence-electron chi connectivity index (χ2n) is 4.52. The number of nitrogens with zero attached hydrogens (tertiary/aromatic N) is 3. The molecule has 0 radical (unpaired) electrons. The van der Waals surface area contributed by atoms with Gasteiger partial charge in [0, 0.05) is 18.0 Å². The molecule has 0 spiro atoms. The third-order valence-electron chi connectivity index (χ3n) is 2.95. The van der Waals surface area contributed by atoms with Gasteiger partial charge >= 0.3 is 0 Å². The highest BCUT2D eigenvalue weighted by Crippen LogP contribution is 2.28. The molecule has 3 rings (SSSR count). The van der Waals surface area contributed by atoms with Crippen LogP contribution in [0.5, 0.6) is 0 Å². The van der Waals surface area contributed by atoms with E-state index in [0.29, 0.717) is 11.4 Å². The molecule has 2 heterocycles. The average molecular weight is 348 g/mol. The summed E-state index contributed by atoms with van der Waals surface area (Å²) in [6.45, 7) is 0. The van der Waals surface area contributed by atoms with Crippen molar-refractivity contribution < 1.29 is 8.42 Å². The SMILES string of the molecule is CS.CS(=O)(=O)c1nccc(-c2[nH]ncc2-c2ccccc2)n1. The molecule has 0 unspecified atom stereocenters. The van der Waals surface area contributed by atoms with E-state index in [4.69, 9.17) is 0 Å². The quantitative estimate of drug-likeness (QED) is 0.561. The number of sulfone groups is 1. The van der Waals surface area contributed by atoms with Crippen molar-refractivity contribution >= 4 is 22.5 Å². The molecule has 0 amide bonds. The summed E-state index contributed by atoms with van der Waals surface area (Å²) in [7, 11) is -3.45. The summed E-state index contributed by atoms with van der Waals surface area (Å²) in [5, 5.41) is 6.70. The largest absolute Gasteiger partial charge is 0.276 e. The first-order valence-electron chi connectivity index (χ1n) is 6.63. The van der Waals surface area contributed by atoms with Crippen LogP contribution in [0.25, 0.3) is 22.5 Å². The standard InChI is InChI=1S/C14H12N4O2S.CH4S/c1-21(19,20)14-15-8-7-12(17-14)13-11(9-16-18-13)10-5-3-2-4-6-10;1-2/h2-9H,1H3,(H,16,18);2H,1H3. The summed E-state index contributed by atoms with van der Waals surface area (Å²) in [5.74, 6) is 0. The number of aromatic nitrogens is 4. The molecule has 0 aliphatic heterocycles. The Morgan fingerprint density at radius 1 is 1.09 bits per heavy atom. The molecule has 0 fully saturated rings. The highest BCUT2D eigenvalue weighted by molar-refractivity contribution is 7.90. The third kappa shape index (κ3) is 3.96. The van der Waals surface area contributed by atoms with E-state index in [1.807, 2.05) is 30.3 Å². The van der Waals surface area contributed by atoms with Crippen molar-refractivity contribution in [3.05, 3.63) is 48.8 Å². The molecule has 0 aliphatic carbocycles. The molecule has 0 atom stereocenters. The van der Waals surface area contributed by atoms with Gasteiger partial charge < -0.3 is 0 Å². The minimum atomic E-state index is -3.45. The zero-order valence-electron chi connectivity index (χ0n) is 12.6. The Balaban J connectivity index is 0.000000924. The molecule has 0 saturated carbocycles. The fourth-order valence-corrected chi connectivity index (χ4v) is 2.49. The van der Waals surface area contributed by atoms with Crippen LogP contribution >= 0.6 is 12.6 Å². The molecule has 1 aromatic carbocycles. The van der Waals surface area contributed by atoms with Gasteiger partial charge in [0.15, 0.2) is 0 Å². The molecular formula is C15H16N4O2S2. The van der Waals surface area contributed by atoms with Gasteiger partial charge in [0.25, 0.3) is 0 Å². The highest BCUT2D eigenvalue weighted by Gasteiger charge is 2.15. The Hall–Kier alpha value is -2.19. The van der Waals surface area contributed by atoms with Crippen LogP contribution in [0, 0.1) is 0 Å². The topological polar surface area (TPSA) is 88.6 Å². The van der Waals surface area contributed by atoms with Gasteiger partial charge in [-0.15, -0.1) is 0 Å². The van der Waals surface area contributed by atoms with Crippen LogP contribution in [0.2, 0.25) is 0 Å². The van der Waals surface area contributed by atoms with Crippen molar-refractivity contribution in [1.82, 2.24) is 20.2 Å². The molecule has 0 aliphatic rings. The van der Waals surface area contributed by atoms with Gasteiger partial charge in [0.05, 0.1) is 17.6 Å². The van der Waals surface area contributed by atoms with Gasteiger partial charge in [0.1, 0.15) is 0 Å². The third-order valence-corrected chi connectivity index (χ3v) is 3.81. The van der Waals surface area contributed by atoms with Gasteiger partial charge in [-0.3, -0.25) is 5.10 Å². The Kier molecular flexibility index (Phi) is 5.51. The zero-order chi connectivity index (χ0) is 16.9. The molecule has 0 saturated heterocycles. The Bertz CT molecular complexity index is 877. The molecule has 6 nitrogen and oxygen atoms in total. The lowest BCUT2D eigenvalue weighted by molar-refractivity contribution is 0.593. The number of aromatic amines is 1. The lowest BCUT2D eigenvalue weighted by Crippen LogP contribution is -2.04. The fraction of sp³-hybridized carbons (Fsp3) is 0.133. The fourth-order valence-electron chi connectivity index (χ4n) is 1.98. The molecule has 0 bridgehead atoms. The van der Waals surface area contributed by atoms with Crippen molar-refractivity contribution in [2.45, 2.75) is 5.16 Å². The predicted octanol–water partition coefficient (Wildman–Crippen LogP) is 2.48. The number of nitrogens with one attached hydrogen (secondary N) is 1. The predicted molar refractivity (Wildman–Crippen MR) is 93.1 cm³/mol. The van der Waals surface area contributed by atoms with Gasteiger partial charge in [-0.1, -0.05) is 30.3 Å². The normalized spacial score (nSPS) is 10.7. The molecule has 8 heteroatoms. The average Bonchev–Trinajstić information content (AvgIpc) is 3.06. The zero-order valence-corrected chi connectivity index (χ0v) is 14.3. The number of thiol groups is 1. The monoisotopic (exact) mass is 348 g/mol. The van der Waals surface area contributed by atoms with Gasteiger partial charge in [-0.25, -0.2) is 18.4 Å². The van der Waals surface area contributed by atoms with Crippen LogP contribution in [-0.2, 0) is 9.84 Å². The van der Waals surface area contributed by atoms with Gasteiger partial charge in [0.2, 0.25) is 15.0 Å². The summed E-state index contributed by atoms with van der Waals surface area (Å²) in [4.78, 5) is 7.89. The summed E-state index contributed by atoms with van der Waals surface area (Å²) < 4.78 is 23.1. The summed E-state index contributed by atoms with van der Waals surface area (Å²) >= 11 is 3.53. The van der Waals surface area contributed by atoms with Crippen molar-refractivity contribution in [3.63, 3.8) is 0 Å². The summed E-state index contributed by atoms with van der Waals surface area (Å²) in [5.41, 5.74) is 2.98. The number of hydrogen-bond acceptors (Lipinski definition) is 6. The molecule has 120 valence electrons. The maximum Gasteiger partial charge on any atom is 0.247 e. The molecule has 23 heavy (non-hydrogen) atoms. The highest BCUT2D eigenvalue weighted by atomic mass is 32.2. The van der Waals surface area contributed by atoms with E-state index in [9.17, 15) is 8.42 Å². The van der Waals surface area contributed by atoms with Crippen molar-refractivity contribution in [3.8, 4) is 22.5 Å². The maximum absolute atomic E-state index is 11.6. The lowest BCUT2D eigenvalue weighted by Gasteiger charge is -2.04. The van der Waals surface area contributed by atoms with E-state index in [2.05, 4.69) is 32.8 Å². The summed E-state index contributed by atoms with van der Waals surface area (Å²) in [6.07, 6.45) is 5.89. The Labute approximate surface area is 140 Å². The van der Waals surface area contributed by atoms with Crippen LogP contribution in [0.15, 0.2) is 53.9 Å². The van der Waals surface area contributed by atoms with Crippen molar-refractivity contribution in [2.24, 2.45) is 0 Å². The van der Waals surface area contributed by atoms with Crippen molar-refractivity contribution in [2.75, 3.05) is 12.5 Å². The second-order valence-corrected chi connectivity index (χ2v) is 6.43. The molecular weight excluding hydrogens is 332 g/mol. The van der Waals surface area contributed by atoms with Crippen LogP contribution in [0.3, 0.4) is 0 Å². The molecule has 3 aromatic rings. The van der Waals surface area contributed by atoms with Crippen molar-refractivity contribution in [1.29, 1.82) is 0 Å². The smallest absolute Gasteiger partial charge is 0.247 e. The van der Waals surface area contributed by atoms with E-state index >= 15 is 0 Å². The first-order chi connectivity index (χ1) is 11.1. The Morgan fingerprint density at radius 3 is 2.43 bits per heavy atom. The van der Waals surface area contributed by atoms with Crippen LogP contribution in [-0.4, -0.2) is 41.1 Å². The van der Waals surface area contributed by atoms with E-state index in [-0.39, 0.29) is 5.16 Å². The first kappa shape index (κ1) is 17.2. The van der Waals surface area contributed by atoms with E-state index < -0.39 is 9.84 Å². The first-order valence-corrected chi connectivity index (χ1v) is 9.41. The van der Waals surface area contributed by atoms with Crippen LogP contribution in [0.4, 0.5) is 0 Å². The molecule has 2 aromatic heterocycles. The minimum Gasteiger partial charge on any atom is -0.276 e. The van der Waals surface area contributed by atoms with E-state index in [0.717, 1.165) is 17.4 Å². The van der Waals surface area contributed by atoms with Gasteiger partial charge in [-0.05, 0) is 17.9 Å². The van der Waals surface area contributed by atoms with E-state index in [1.165, 1.54) is 6.20 Å². The lowest BCUT2D eigenvalue weighted by atomic mass is 10.1. The minimum absolute atomic E-state index is 0.200. The number of H-pyrrole nitrogens is 1. The summed E-state index contributed by atoms with van der Waals surface area (Å²) in [6, 6.07) is 11.3. The number of benzene rings is 1. The van der Waals surface area contributed by atoms with Crippen LogP contribution in [0.1, 0.15) is 0 Å². The maximum atomic E-state index is 11.6. The van der Waals surface area contributed by atoms with Gasteiger partial charge in [-0.2, -0.15) is 17.7 Å². The molecule has 1 N–H and O–H groups in total. The van der Waals surface area contributed by atoms with E-state index in [1.54, 1.807) is 18.5 Å².